The monoisotopic (exact) mass is 552 g/mol. The van der Waals surface area contributed by atoms with Crippen LogP contribution in [0.15, 0.2) is 59.6 Å². The third kappa shape index (κ3) is 9.54. The SMILES string of the molecule is CCN(CCCNC(=NC)NCc1ccc(C(=O)NCC(N)=O)cc1)c1ccccc1.I. The van der Waals surface area contributed by atoms with E-state index < -0.39 is 5.91 Å². The molecule has 32 heavy (non-hydrogen) atoms. The Morgan fingerprint density at radius 1 is 1.00 bits per heavy atom. The molecule has 2 amide bonds. The number of amides is 2. The van der Waals surface area contributed by atoms with Gasteiger partial charge in [0, 0.05) is 44.5 Å². The van der Waals surface area contributed by atoms with Crippen LogP contribution in [-0.4, -0.2) is 51.0 Å². The number of carbonyl (C=O) groups excluding carboxylic acids is 2. The number of halogens is 1. The molecule has 2 rings (SSSR count). The summed E-state index contributed by atoms with van der Waals surface area (Å²) < 4.78 is 0. The van der Waals surface area contributed by atoms with E-state index in [-0.39, 0.29) is 36.4 Å². The molecule has 0 unspecified atom stereocenters. The number of aliphatic imine (C=N–C) groups is 1. The number of benzene rings is 2. The summed E-state index contributed by atoms with van der Waals surface area (Å²) in [7, 11) is 1.74. The summed E-state index contributed by atoms with van der Waals surface area (Å²) in [6.45, 7) is 5.30. The van der Waals surface area contributed by atoms with E-state index >= 15 is 0 Å². The summed E-state index contributed by atoms with van der Waals surface area (Å²) in [5.74, 6) is -0.172. The van der Waals surface area contributed by atoms with Crippen LogP contribution in [0.2, 0.25) is 0 Å². The van der Waals surface area contributed by atoms with E-state index in [4.69, 9.17) is 5.73 Å². The van der Waals surface area contributed by atoms with Crippen molar-refractivity contribution >= 4 is 47.4 Å². The molecule has 0 aromatic heterocycles. The standard InChI is InChI=1S/C23H32N6O2.HI/c1-3-29(20-8-5-4-6-9-20)15-7-14-26-23(25-2)28-16-18-10-12-19(13-11-18)22(31)27-17-21(24)30;/h4-6,8-13H,3,7,14-17H2,1-2H3,(H2,24,30)(H,27,31)(H2,25,26,28);1H. The van der Waals surface area contributed by atoms with Gasteiger partial charge in [-0.1, -0.05) is 30.3 Å². The highest BCUT2D eigenvalue weighted by molar-refractivity contribution is 14.0. The molecule has 0 heterocycles. The predicted molar refractivity (Wildman–Crippen MR) is 141 cm³/mol. The lowest BCUT2D eigenvalue weighted by Crippen LogP contribution is -2.38. The molecule has 0 aliphatic carbocycles. The highest BCUT2D eigenvalue weighted by atomic mass is 127. The number of primary amides is 1. The molecule has 0 saturated heterocycles. The molecule has 0 fully saturated rings. The normalized spacial score (nSPS) is 10.6. The van der Waals surface area contributed by atoms with E-state index in [1.165, 1.54) is 5.69 Å². The topological polar surface area (TPSA) is 112 Å². The average Bonchev–Trinajstić information content (AvgIpc) is 2.80. The number of guanidine groups is 1. The second kappa shape index (κ2) is 15.1. The Labute approximate surface area is 207 Å². The minimum Gasteiger partial charge on any atom is -0.372 e. The van der Waals surface area contributed by atoms with Crippen LogP contribution in [0.25, 0.3) is 0 Å². The lowest BCUT2D eigenvalue weighted by atomic mass is 10.1. The maximum atomic E-state index is 11.9. The van der Waals surface area contributed by atoms with Crippen LogP contribution in [0.5, 0.6) is 0 Å². The largest absolute Gasteiger partial charge is 0.372 e. The molecule has 0 radical (unpaired) electrons. The molecule has 2 aromatic carbocycles. The number of nitrogens with zero attached hydrogens (tertiary/aromatic N) is 2. The van der Waals surface area contributed by atoms with Gasteiger partial charge in [0.05, 0.1) is 6.54 Å². The number of hydrogen-bond acceptors (Lipinski definition) is 4. The van der Waals surface area contributed by atoms with E-state index in [0.717, 1.165) is 37.6 Å². The Hall–Kier alpha value is -2.82. The number of hydrogen-bond donors (Lipinski definition) is 4. The fourth-order valence-electron chi connectivity index (χ4n) is 3.04. The zero-order chi connectivity index (χ0) is 22.5. The molecular weight excluding hydrogens is 519 g/mol. The van der Waals surface area contributed by atoms with Gasteiger partial charge in [-0.25, -0.2) is 0 Å². The van der Waals surface area contributed by atoms with Crippen molar-refractivity contribution in [2.45, 2.75) is 19.9 Å². The zero-order valence-electron chi connectivity index (χ0n) is 18.6. The zero-order valence-corrected chi connectivity index (χ0v) is 21.0. The van der Waals surface area contributed by atoms with Crippen molar-refractivity contribution in [3.05, 3.63) is 65.7 Å². The Morgan fingerprint density at radius 3 is 2.28 bits per heavy atom. The number of rotatable bonds is 11. The quantitative estimate of drug-likeness (QED) is 0.148. The van der Waals surface area contributed by atoms with Crippen LogP contribution < -0.4 is 26.6 Å². The van der Waals surface area contributed by atoms with Gasteiger partial charge in [0.15, 0.2) is 5.96 Å². The maximum Gasteiger partial charge on any atom is 0.251 e. The fraction of sp³-hybridized carbons (Fsp3) is 0.348. The van der Waals surface area contributed by atoms with Gasteiger partial charge in [0.2, 0.25) is 5.91 Å². The summed E-state index contributed by atoms with van der Waals surface area (Å²) >= 11 is 0. The molecule has 8 nitrogen and oxygen atoms in total. The lowest BCUT2D eigenvalue weighted by Gasteiger charge is -2.23. The van der Waals surface area contributed by atoms with Crippen molar-refractivity contribution in [1.29, 1.82) is 0 Å². The van der Waals surface area contributed by atoms with Gasteiger partial charge in [0.25, 0.3) is 5.91 Å². The van der Waals surface area contributed by atoms with Crippen LogP contribution >= 0.6 is 24.0 Å². The first-order valence-corrected chi connectivity index (χ1v) is 10.4. The predicted octanol–water partition coefficient (Wildman–Crippen LogP) is 2.10. The molecule has 0 spiro atoms. The first kappa shape index (κ1) is 27.2. The smallest absolute Gasteiger partial charge is 0.251 e. The van der Waals surface area contributed by atoms with Gasteiger partial charge in [0.1, 0.15) is 0 Å². The molecule has 5 N–H and O–H groups in total. The second-order valence-electron chi connectivity index (χ2n) is 6.97. The van der Waals surface area contributed by atoms with Gasteiger partial charge < -0.3 is 26.6 Å². The van der Waals surface area contributed by atoms with Crippen LogP contribution in [0, 0.1) is 0 Å². The van der Waals surface area contributed by atoms with Gasteiger partial charge in [-0.15, -0.1) is 24.0 Å². The summed E-state index contributed by atoms with van der Waals surface area (Å²) in [5.41, 5.74) is 7.76. The Kier molecular flexibility index (Phi) is 12.8. The molecule has 0 aliphatic heterocycles. The Bertz CT molecular complexity index is 859. The number of carbonyl (C=O) groups is 2. The lowest BCUT2D eigenvalue weighted by molar-refractivity contribution is -0.117. The van der Waals surface area contributed by atoms with E-state index in [1.807, 2.05) is 18.2 Å². The molecular formula is C23H33IN6O2. The van der Waals surface area contributed by atoms with Gasteiger partial charge in [-0.3, -0.25) is 14.6 Å². The van der Waals surface area contributed by atoms with Crippen LogP contribution in [-0.2, 0) is 11.3 Å². The van der Waals surface area contributed by atoms with Crippen molar-refractivity contribution in [1.82, 2.24) is 16.0 Å². The van der Waals surface area contributed by atoms with Crippen molar-refractivity contribution in [2.24, 2.45) is 10.7 Å². The van der Waals surface area contributed by atoms with Crippen molar-refractivity contribution in [2.75, 3.05) is 38.1 Å². The van der Waals surface area contributed by atoms with Crippen LogP contribution in [0.1, 0.15) is 29.3 Å². The minimum absolute atomic E-state index is 0. The highest BCUT2D eigenvalue weighted by Crippen LogP contribution is 2.12. The third-order valence-electron chi connectivity index (χ3n) is 4.72. The van der Waals surface area contributed by atoms with Crippen molar-refractivity contribution in [3.8, 4) is 0 Å². The first-order valence-electron chi connectivity index (χ1n) is 10.4. The molecule has 0 saturated carbocycles. The first-order chi connectivity index (χ1) is 15.0. The number of anilines is 1. The van der Waals surface area contributed by atoms with E-state index in [9.17, 15) is 9.59 Å². The third-order valence-corrected chi connectivity index (χ3v) is 4.72. The maximum absolute atomic E-state index is 11.9. The molecule has 0 aliphatic rings. The van der Waals surface area contributed by atoms with Crippen molar-refractivity contribution < 1.29 is 9.59 Å². The summed E-state index contributed by atoms with van der Waals surface area (Å²) in [6.07, 6.45) is 0.985. The van der Waals surface area contributed by atoms with E-state index in [2.05, 4.69) is 57.0 Å². The van der Waals surface area contributed by atoms with E-state index in [0.29, 0.717) is 12.1 Å². The second-order valence-corrected chi connectivity index (χ2v) is 6.97. The molecule has 0 atom stereocenters. The molecule has 174 valence electrons. The van der Waals surface area contributed by atoms with Crippen LogP contribution in [0.3, 0.4) is 0 Å². The fourth-order valence-corrected chi connectivity index (χ4v) is 3.04. The number of para-hydroxylation sites is 1. The van der Waals surface area contributed by atoms with Gasteiger partial charge in [-0.2, -0.15) is 0 Å². The van der Waals surface area contributed by atoms with E-state index in [1.54, 1.807) is 19.2 Å². The van der Waals surface area contributed by atoms with Gasteiger partial charge >= 0.3 is 0 Å². The summed E-state index contributed by atoms with van der Waals surface area (Å²) in [6, 6.07) is 17.6. The Morgan fingerprint density at radius 2 is 1.69 bits per heavy atom. The molecule has 0 bridgehead atoms. The number of nitrogens with two attached hydrogens (primary N) is 1. The summed E-state index contributed by atoms with van der Waals surface area (Å²) in [4.78, 5) is 29.3. The van der Waals surface area contributed by atoms with Crippen LogP contribution in [0.4, 0.5) is 5.69 Å². The molecule has 9 heteroatoms. The minimum atomic E-state index is -0.574. The highest BCUT2D eigenvalue weighted by Gasteiger charge is 2.07. The number of nitrogens with one attached hydrogen (secondary N) is 3. The average molecular weight is 552 g/mol. The van der Waals surface area contributed by atoms with Crippen molar-refractivity contribution in [3.63, 3.8) is 0 Å². The van der Waals surface area contributed by atoms with Gasteiger partial charge in [-0.05, 0) is 43.2 Å². The Balaban J connectivity index is 0.00000512. The molecule has 2 aromatic rings. The summed E-state index contributed by atoms with van der Waals surface area (Å²) in [5, 5.41) is 9.07.